The van der Waals surface area contributed by atoms with Gasteiger partial charge >= 0.3 is 0 Å². The average Bonchev–Trinajstić information content (AvgIpc) is 3.01. The van der Waals surface area contributed by atoms with Crippen LogP contribution >= 0.6 is 0 Å². The van der Waals surface area contributed by atoms with Crippen LogP contribution in [0.25, 0.3) is 22.3 Å². The summed E-state index contributed by atoms with van der Waals surface area (Å²) in [6.45, 7) is 1.99. The molecule has 1 aliphatic rings. The van der Waals surface area contributed by atoms with E-state index in [2.05, 4.69) is 0 Å². The van der Waals surface area contributed by atoms with E-state index in [1.807, 2.05) is 55.5 Å². The molecule has 3 aromatic rings. The highest BCUT2D eigenvalue weighted by molar-refractivity contribution is 6.07. The number of benzene rings is 2. The van der Waals surface area contributed by atoms with Crippen molar-refractivity contribution in [2.24, 2.45) is 5.92 Å². The van der Waals surface area contributed by atoms with Gasteiger partial charge < -0.3 is 4.42 Å². The van der Waals surface area contributed by atoms with Gasteiger partial charge in [0.25, 0.3) is 0 Å². The molecule has 0 saturated heterocycles. The highest BCUT2D eigenvalue weighted by atomic mass is 16.3. The molecule has 1 aliphatic carbocycles. The largest absolute Gasteiger partial charge is 0.456 e. The lowest BCUT2D eigenvalue weighted by Gasteiger charge is -2.04. The minimum absolute atomic E-state index is 0.0792. The maximum absolute atomic E-state index is 12.4. The molecule has 2 aromatic carbocycles. The minimum atomic E-state index is 0.0792. The summed E-state index contributed by atoms with van der Waals surface area (Å²) in [5.41, 5.74) is 3.77. The molecule has 0 radical (unpaired) electrons. The van der Waals surface area contributed by atoms with Gasteiger partial charge in [-0.25, -0.2) is 0 Å². The van der Waals surface area contributed by atoms with E-state index >= 15 is 0 Å². The van der Waals surface area contributed by atoms with Gasteiger partial charge in [0, 0.05) is 22.4 Å². The predicted octanol–water partition coefficient (Wildman–Crippen LogP) is 4.47. The lowest BCUT2D eigenvalue weighted by Crippen LogP contribution is -2.04. The lowest BCUT2D eigenvalue weighted by atomic mass is 10.00. The maximum atomic E-state index is 12.4. The van der Waals surface area contributed by atoms with Gasteiger partial charge in [0.2, 0.25) is 0 Å². The van der Waals surface area contributed by atoms with Crippen molar-refractivity contribution in [2.45, 2.75) is 13.3 Å². The van der Waals surface area contributed by atoms with Crippen LogP contribution in [0.3, 0.4) is 0 Å². The van der Waals surface area contributed by atoms with Crippen LogP contribution in [-0.2, 0) is 6.42 Å². The zero-order valence-corrected chi connectivity index (χ0v) is 11.2. The second-order valence-corrected chi connectivity index (χ2v) is 5.46. The Morgan fingerprint density at radius 3 is 2.80 bits per heavy atom. The number of rotatable bonds is 1. The molecule has 0 fully saturated rings. The Balaban J connectivity index is 1.96. The van der Waals surface area contributed by atoms with E-state index < -0.39 is 0 Å². The van der Waals surface area contributed by atoms with Crippen LogP contribution in [0.4, 0.5) is 0 Å². The van der Waals surface area contributed by atoms with E-state index in [1.165, 1.54) is 0 Å². The van der Waals surface area contributed by atoms with Crippen molar-refractivity contribution < 1.29 is 9.21 Å². The van der Waals surface area contributed by atoms with Crippen molar-refractivity contribution in [3.8, 4) is 11.3 Å². The quantitative estimate of drug-likeness (QED) is 0.647. The van der Waals surface area contributed by atoms with E-state index in [4.69, 9.17) is 4.42 Å². The number of ketones is 1. The first-order chi connectivity index (χ1) is 9.74. The third kappa shape index (κ3) is 1.54. The van der Waals surface area contributed by atoms with E-state index in [-0.39, 0.29) is 11.7 Å². The molecule has 0 bridgehead atoms. The Morgan fingerprint density at radius 2 is 1.95 bits per heavy atom. The number of carbonyl (C=O) groups is 1. The SMILES string of the molecule is CC1Cc2cccc(-c3cc4ccccc4o3)c2C1=O. The monoisotopic (exact) mass is 262 g/mol. The van der Waals surface area contributed by atoms with Crippen molar-refractivity contribution in [3.63, 3.8) is 0 Å². The third-order valence-corrected chi connectivity index (χ3v) is 4.06. The molecule has 1 atom stereocenters. The van der Waals surface area contributed by atoms with E-state index in [9.17, 15) is 4.79 Å². The Hall–Kier alpha value is -2.35. The Kier molecular flexibility index (Phi) is 2.34. The van der Waals surface area contributed by atoms with Crippen LogP contribution in [-0.4, -0.2) is 5.78 Å². The van der Waals surface area contributed by atoms with Gasteiger partial charge in [0.1, 0.15) is 11.3 Å². The highest BCUT2D eigenvalue weighted by Crippen LogP contribution is 2.36. The van der Waals surface area contributed by atoms with Gasteiger partial charge in [-0.2, -0.15) is 0 Å². The zero-order chi connectivity index (χ0) is 13.7. The fraction of sp³-hybridized carbons (Fsp3) is 0.167. The first-order valence-corrected chi connectivity index (χ1v) is 6.89. The van der Waals surface area contributed by atoms with Crippen LogP contribution in [0.5, 0.6) is 0 Å². The molecule has 0 spiro atoms. The Labute approximate surface area is 117 Å². The number of fused-ring (bicyclic) bond motifs is 2. The van der Waals surface area contributed by atoms with Crippen LogP contribution in [0.15, 0.2) is 52.9 Å². The minimum Gasteiger partial charge on any atom is -0.456 e. The summed E-state index contributed by atoms with van der Waals surface area (Å²) in [4.78, 5) is 12.4. The molecule has 2 nitrogen and oxygen atoms in total. The topological polar surface area (TPSA) is 30.2 Å². The number of hydrogen-bond acceptors (Lipinski definition) is 2. The molecule has 2 heteroatoms. The van der Waals surface area contributed by atoms with Crippen molar-refractivity contribution >= 4 is 16.8 Å². The van der Waals surface area contributed by atoms with Gasteiger partial charge in [-0.15, -0.1) is 0 Å². The molecule has 4 rings (SSSR count). The summed E-state index contributed by atoms with van der Waals surface area (Å²) >= 11 is 0. The second kappa shape index (κ2) is 4.07. The maximum Gasteiger partial charge on any atom is 0.167 e. The van der Waals surface area contributed by atoms with Crippen molar-refractivity contribution in [1.82, 2.24) is 0 Å². The summed E-state index contributed by atoms with van der Waals surface area (Å²) < 4.78 is 5.91. The van der Waals surface area contributed by atoms with Crippen molar-refractivity contribution in [1.29, 1.82) is 0 Å². The van der Waals surface area contributed by atoms with Crippen LogP contribution in [0.2, 0.25) is 0 Å². The molecular formula is C18H14O2. The molecule has 0 N–H and O–H groups in total. The van der Waals surface area contributed by atoms with Gasteiger partial charge in [0.05, 0.1) is 0 Å². The number of para-hydroxylation sites is 1. The van der Waals surface area contributed by atoms with Crippen molar-refractivity contribution in [3.05, 3.63) is 59.7 Å². The molecule has 1 heterocycles. The summed E-state index contributed by atoms with van der Waals surface area (Å²) in [5, 5.41) is 1.07. The number of hydrogen-bond donors (Lipinski definition) is 0. The molecule has 20 heavy (non-hydrogen) atoms. The first-order valence-electron chi connectivity index (χ1n) is 6.89. The predicted molar refractivity (Wildman–Crippen MR) is 78.8 cm³/mol. The van der Waals surface area contributed by atoms with E-state index in [0.717, 1.165) is 39.8 Å². The molecule has 0 aliphatic heterocycles. The molecule has 98 valence electrons. The molecule has 0 saturated carbocycles. The summed E-state index contributed by atoms with van der Waals surface area (Å²) in [7, 11) is 0. The van der Waals surface area contributed by atoms with Gasteiger partial charge in [-0.1, -0.05) is 43.3 Å². The fourth-order valence-corrected chi connectivity index (χ4v) is 3.05. The fourth-order valence-electron chi connectivity index (χ4n) is 3.05. The highest BCUT2D eigenvalue weighted by Gasteiger charge is 2.30. The second-order valence-electron chi connectivity index (χ2n) is 5.46. The smallest absolute Gasteiger partial charge is 0.167 e. The normalized spacial score (nSPS) is 17.6. The molecular weight excluding hydrogens is 248 g/mol. The number of carbonyl (C=O) groups excluding carboxylic acids is 1. The third-order valence-electron chi connectivity index (χ3n) is 4.06. The van der Waals surface area contributed by atoms with Crippen LogP contribution in [0.1, 0.15) is 22.8 Å². The van der Waals surface area contributed by atoms with Gasteiger partial charge in [0.15, 0.2) is 5.78 Å². The Bertz CT molecular complexity index is 793. The van der Waals surface area contributed by atoms with Gasteiger partial charge in [-0.05, 0) is 24.1 Å². The summed E-state index contributed by atoms with van der Waals surface area (Å²) in [5.74, 6) is 1.09. The average molecular weight is 262 g/mol. The first kappa shape index (κ1) is 11.5. The van der Waals surface area contributed by atoms with Crippen LogP contribution in [0, 0.1) is 5.92 Å². The summed E-state index contributed by atoms with van der Waals surface area (Å²) in [6, 6.07) is 16.0. The Morgan fingerprint density at radius 1 is 1.10 bits per heavy atom. The van der Waals surface area contributed by atoms with E-state index in [1.54, 1.807) is 0 Å². The number of furan rings is 1. The standard InChI is InChI=1S/C18H14O2/c1-11-9-13-6-4-7-14(17(13)18(11)19)16-10-12-5-2-3-8-15(12)20-16/h2-8,10-11H,9H2,1H3. The molecule has 1 unspecified atom stereocenters. The van der Waals surface area contributed by atoms with Gasteiger partial charge in [-0.3, -0.25) is 4.79 Å². The molecule has 1 aromatic heterocycles. The number of Topliss-reactive ketones (excluding diaryl/α,β-unsaturated/α-hetero) is 1. The zero-order valence-electron chi connectivity index (χ0n) is 11.2. The lowest BCUT2D eigenvalue weighted by molar-refractivity contribution is 0.0946. The van der Waals surface area contributed by atoms with Crippen molar-refractivity contribution in [2.75, 3.05) is 0 Å². The molecule has 0 amide bonds. The van der Waals surface area contributed by atoms with E-state index in [0.29, 0.717) is 0 Å². The summed E-state index contributed by atoms with van der Waals surface area (Å²) in [6.07, 6.45) is 0.836. The van der Waals surface area contributed by atoms with Crippen LogP contribution < -0.4 is 0 Å².